The number of carbonyl (C=O) groups excluding carboxylic acids is 3. The number of fused-ring (bicyclic) bond motifs is 1. The first-order valence-electron chi connectivity index (χ1n) is 12.8. The van der Waals surface area contributed by atoms with Gasteiger partial charge in [-0.05, 0) is 19.1 Å². The predicted molar refractivity (Wildman–Crippen MR) is 144 cm³/mol. The number of ether oxygens (including phenoxy) is 2. The van der Waals surface area contributed by atoms with Crippen LogP contribution < -0.4 is 10.1 Å². The molecule has 0 spiro atoms. The van der Waals surface area contributed by atoms with Crippen molar-refractivity contribution in [3.8, 4) is 11.6 Å². The van der Waals surface area contributed by atoms with E-state index in [0.717, 1.165) is 0 Å². The number of methoxy groups -OCH3 is 2. The molecule has 4 heterocycles. The molecule has 2 N–H and O–H groups in total. The highest BCUT2D eigenvalue weighted by Crippen LogP contribution is 2.32. The van der Waals surface area contributed by atoms with E-state index < -0.39 is 11.7 Å². The number of aromatic nitrogens is 5. The van der Waals surface area contributed by atoms with Gasteiger partial charge in [0.25, 0.3) is 17.6 Å². The minimum atomic E-state index is -0.679. The molecule has 0 saturated carbocycles. The van der Waals surface area contributed by atoms with Crippen LogP contribution in [-0.4, -0.2) is 98.8 Å². The Balaban J connectivity index is 1.34. The molecule has 2 amide bonds. The molecule has 1 saturated heterocycles. The third-order valence-electron chi connectivity index (χ3n) is 6.85. The first-order chi connectivity index (χ1) is 19.4. The molecule has 0 bridgehead atoms. The number of H-pyrrole nitrogens is 1. The average Bonchev–Trinajstić information content (AvgIpc) is 3.67. The predicted octanol–water partition coefficient (Wildman–Crippen LogP) is 1.40. The quantitative estimate of drug-likeness (QED) is 0.181. The van der Waals surface area contributed by atoms with E-state index in [1.165, 1.54) is 35.4 Å². The first kappa shape index (κ1) is 27.0. The van der Waals surface area contributed by atoms with Gasteiger partial charge in [0.2, 0.25) is 0 Å². The van der Waals surface area contributed by atoms with Crippen LogP contribution in [0.5, 0.6) is 5.75 Å². The van der Waals surface area contributed by atoms with E-state index >= 15 is 0 Å². The zero-order valence-corrected chi connectivity index (χ0v) is 22.5. The highest BCUT2D eigenvalue weighted by molar-refractivity contribution is 6.45. The van der Waals surface area contributed by atoms with Crippen LogP contribution in [-0.2, 0) is 16.1 Å². The molecule has 4 aromatic rings. The van der Waals surface area contributed by atoms with Crippen molar-refractivity contribution in [3.63, 3.8) is 0 Å². The Hall–Kier alpha value is -4.62. The topological polar surface area (TPSA) is 148 Å². The number of hydrogen-bond donors (Lipinski definition) is 2. The van der Waals surface area contributed by atoms with Gasteiger partial charge in [-0.1, -0.05) is 18.2 Å². The van der Waals surface area contributed by atoms with Gasteiger partial charge in [-0.25, -0.2) is 14.6 Å². The SMILES string of the molecule is COc1cnc(-n2cnc(CNC(C)OC)n2)c2[nH]cc(C(=O)C(=O)N3CCN(C(=O)c4ccccc4)CC3)c12. The minimum Gasteiger partial charge on any atom is -0.494 e. The number of rotatable bonds is 9. The summed E-state index contributed by atoms with van der Waals surface area (Å²) >= 11 is 0. The summed E-state index contributed by atoms with van der Waals surface area (Å²) in [6.45, 7) is 3.44. The van der Waals surface area contributed by atoms with Crippen LogP contribution in [0.1, 0.15) is 33.5 Å². The maximum absolute atomic E-state index is 13.4. The second-order valence-electron chi connectivity index (χ2n) is 9.25. The number of nitrogens with one attached hydrogen (secondary N) is 2. The maximum atomic E-state index is 13.4. The van der Waals surface area contributed by atoms with E-state index in [1.54, 1.807) is 24.1 Å². The van der Waals surface area contributed by atoms with E-state index in [4.69, 9.17) is 9.47 Å². The number of ketones is 1. The zero-order chi connectivity index (χ0) is 28.2. The molecule has 0 radical (unpaired) electrons. The summed E-state index contributed by atoms with van der Waals surface area (Å²) in [6, 6.07) is 8.99. The van der Waals surface area contributed by atoms with Gasteiger partial charge in [0.15, 0.2) is 11.6 Å². The van der Waals surface area contributed by atoms with Crippen LogP contribution in [0, 0.1) is 0 Å². The highest BCUT2D eigenvalue weighted by atomic mass is 16.5. The lowest BCUT2D eigenvalue weighted by Crippen LogP contribution is -2.52. The third kappa shape index (κ3) is 5.28. The fraction of sp³-hybridized carbons (Fsp3) is 0.333. The second kappa shape index (κ2) is 11.6. The number of hydrogen-bond acceptors (Lipinski definition) is 9. The summed E-state index contributed by atoms with van der Waals surface area (Å²) in [5.41, 5.74) is 1.23. The maximum Gasteiger partial charge on any atom is 0.295 e. The normalized spacial score (nSPS) is 14.4. The number of aromatic amines is 1. The molecule has 0 aliphatic carbocycles. The van der Waals surface area contributed by atoms with Crippen LogP contribution in [0.25, 0.3) is 16.7 Å². The molecule has 5 rings (SSSR count). The lowest BCUT2D eigenvalue weighted by atomic mass is 10.1. The largest absolute Gasteiger partial charge is 0.494 e. The molecular weight excluding hydrogens is 516 g/mol. The molecule has 1 fully saturated rings. The van der Waals surface area contributed by atoms with Gasteiger partial charge in [-0.2, -0.15) is 0 Å². The number of pyridine rings is 1. The van der Waals surface area contributed by atoms with Crippen molar-refractivity contribution < 1.29 is 23.9 Å². The molecule has 208 valence electrons. The molecule has 40 heavy (non-hydrogen) atoms. The van der Waals surface area contributed by atoms with Gasteiger partial charge in [-0.3, -0.25) is 19.7 Å². The van der Waals surface area contributed by atoms with E-state index in [1.807, 2.05) is 25.1 Å². The molecule has 13 heteroatoms. The van der Waals surface area contributed by atoms with Crippen molar-refractivity contribution in [1.82, 2.24) is 39.8 Å². The monoisotopic (exact) mass is 546 g/mol. The fourth-order valence-electron chi connectivity index (χ4n) is 4.55. The van der Waals surface area contributed by atoms with Crippen molar-refractivity contribution in [2.24, 2.45) is 0 Å². The number of amides is 2. The Labute approximate surface area is 230 Å². The smallest absolute Gasteiger partial charge is 0.295 e. The second-order valence-corrected chi connectivity index (χ2v) is 9.25. The van der Waals surface area contributed by atoms with E-state index in [0.29, 0.717) is 53.5 Å². The molecule has 3 aromatic heterocycles. The Morgan fingerprint density at radius 1 is 1.05 bits per heavy atom. The molecule has 1 atom stereocenters. The average molecular weight is 547 g/mol. The molecule has 1 unspecified atom stereocenters. The number of carbonyl (C=O) groups is 3. The Kier molecular flexibility index (Phi) is 7.84. The van der Waals surface area contributed by atoms with Crippen LogP contribution >= 0.6 is 0 Å². The summed E-state index contributed by atoms with van der Waals surface area (Å²) in [5, 5.41) is 8.02. The third-order valence-corrected chi connectivity index (χ3v) is 6.85. The summed E-state index contributed by atoms with van der Waals surface area (Å²) in [7, 11) is 3.07. The van der Waals surface area contributed by atoms with Crippen molar-refractivity contribution in [3.05, 3.63) is 66.0 Å². The molecule has 13 nitrogen and oxygen atoms in total. The molecular formula is C27H30N8O5. The van der Waals surface area contributed by atoms with E-state index in [-0.39, 0.29) is 30.8 Å². The first-order valence-corrected chi connectivity index (χ1v) is 12.8. The van der Waals surface area contributed by atoms with Crippen LogP contribution in [0.2, 0.25) is 0 Å². The lowest BCUT2D eigenvalue weighted by Gasteiger charge is -2.34. The Morgan fingerprint density at radius 3 is 2.48 bits per heavy atom. The van der Waals surface area contributed by atoms with Crippen LogP contribution in [0.4, 0.5) is 0 Å². The van der Waals surface area contributed by atoms with Gasteiger partial charge < -0.3 is 24.3 Å². The van der Waals surface area contributed by atoms with Gasteiger partial charge in [0.05, 0.1) is 36.3 Å². The Morgan fingerprint density at radius 2 is 1.77 bits per heavy atom. The summed E-state index contributed by atoms with van der Waals surface area (Å²) in [6.07, 6.45) is 4.31. The van der Waals surface area contributed by atoms with E-state index in [9.17, 15) is 14.4 Å². The summed E-state index contributed by atoms with van der Waals surface area (Å²) in [5.74, 6) is -0.159. The van der Waals surface area contributed by atoms with Gasteiger partial charge in [0, 0.05) is 45.0 Å². The summed E-state index contributed by atoms with van der Waals surface area (Å²) in [4.78, 5) is 54.4. The standard InChI is InChI=1S/C27H30N8O5/c1-17(39-2)28-15-21-31-16-35(32-21)25-23-22(20(40-3)14-30-25)19(13-29-23)24(36)27(38)34-11-9-33(10-12-34)26(37)18-7-5-4-6-8-18/h4-8,13-14,16-17,28-29H,9-12,15H2,1-3H3. The van der Waals surface area contributed by atoms with Crippen molar-refractivity contribution in [1.29, 1.82) is 0 Å². The van der Waals surface area contributed by atoms with E-state index in [2.05, 4.69) is 25.4 Å². The Bertz CT molecular complexity index is 1520. The molecule has 1 aliphatic heterocycles. The number of nitrogens with zero attached hydrogens (tertiary/aromatic N) is 6. The molecule has 1 aliphatic rings. The van der Waals surface area contributed by atoms with Crippen molar-refractivity contribution in [2.45, 2.75) is 19.7 Å². The highest BCUT2D eigenvalue weighted by Gasteiger charge is 2.31. The fourth-order valence-corrected chi connectivity index (χ4v) is 4.55. The number of piperazine rings is 1. The number of benzene rings is 1. The van der Waals surface area contributed by atoms with Crippen LogP contribution in [0.15, 0.2) is 49.1 Å². The van der Waals surface area contributed by atoms with Gasteiger partial charge in [0.1, 0.15) is 18.3 Å². The zero-order valence-electron chi connectivity index (χ0n) is 22.5. The lowest BCUT2D eigenvalue weighted by molar-refractivity contribution is -0.127. The summed E-state index contributed by atoms with van der Waals surface area (Å²) < 4.78 is 12.2. The van der Waals surface area contributed by atoms with Crippen LogP contribution in [0.3, 0.4) is 0 Å². The van der Waals surface area contributed by atoms with Gasteiger partial charge in [-0.15, -0.1) is 5.10 Å². The van der Waals surface area contributed by atoms with Gasteiger partial charge >= 0.3 is 0 Å². The van der Waals surface area contributed by atoms with Crippen molar-refractivity contribution in [2.75, 3.05) is 40.4 Å². The molecule has 1 aromatic carbocycles. The minimum absolute atomic E-state index is 0.0966. The number of Topliss-reactive ketones (excluding diaryl/α,β-unsaturated/α-hetero) is 1. The van der Waals surface area contributed by atoms with Crippen molar-refractivity contribution >= 4 is 28.5 Å².